The highest BCUT2D eigenvalue weighted by molar-refractivity contribution is 7.12. The van der Waals surface area contributed by atoms with Crippen LogP contribution >= 0.6 is 11.3 Å². The lowest BCUT2D eigenvalue weighted by atomic mass is 10.2. The molecule has 2 amide bonds. The first-order valence-electron chi connectivity index (χ1n) is 7.81. The van der Waals surface area contributed by atoms with Gasteiger partial charge in [0.25, 0.3) is 0 Å². The first-order chi connectivity index (χ1) is 12.1. The van der Waals surface area contributed by atoms with E-state index in [1.54, 1.807) is 34.5 Å². The molecule has 1 aromatic heterocycles. The molecule has 1 fully saturated rings. The summed E-state index contributed by atoms with van der Waals surface area (Å²) >= 11 is 1.21. The second-order valence-electron chi connectivity index (χ2n) is 5.51. The molecule has 1 N–H and O–H groups in total. The van der Waals surface area contributed by atoms with Crippen molar-refractivity contribution in [1.82, 2.24) is 4.90 Å². The monoisotopic (exact) mass is 363 g/mol. The normalized spacial score (nSPS) is 14.3. The SMILES string of the molecule is COC(=O)c1sccc1NC(=O)N1CCN(c2ccccc2F)CC1. The summed E-state index contributed by atoms with van der Waals surface area (Å²) in [5.74, 6) is -0.740. The molecule has 1 aliphatic heterocycles. The van der Waals surface area contributed by atoms with Gasteiger partial charge in [0.15, 0.2) is 0 Å². The Labute approximate surface area is 148 Å². The van der Waals surface area contributed by atoms with Gasteiger partial charge >= 0.3 is 12.0 Å². The average Bonchev–Trinajstić information content (AvgIpc) is 3.09. The van der Waals surface area contributed by atoms with E-state index in [-0.39, 0.29) is 11.8 Å². The molecule has 0 aliphatic carbocycles. The number of thiophene rings is 1. The van der Waals surface area contributed by atoms with Gasteiger partial charge in [0.1, 0.15) is 10.7 Å². The zero-order valence-corrected chi connectivity index (χ0v) is 14.5. The van der Waals surface area contributed by atoms with E-state index in [1.807, 2.05) is 4.90 Å². The van der Waals surface area contributed by atoms with Crippen LogP contribution in [-0.4, -0.2) is 50.2 Å². The van der Waals surface area contributed by atoms with Crippen LogP contribution in [0.3, 0.4) is 0 Å². The maximum atomic E-state index is 13.9. The highest BCUT2D eigenvalue weighted by atomic mass is 32.1. The lowest BCUT2D eigenvalue weighted by Gasteiger charge is -2.36. The standard InChI is InChI=1S/C17H18FN3O3S/c1-24-16(22)15-13(6-11-25-15)19-17(23)21-9-7-20(8-10-21)14-5-3-2-4-12(14)18/h2-6,11H,7-10H2,1H3,(H,19,23). The largest absolute Gasteiger partial charge is 0.465 e. The molecule has 6 nitrogen and oxygen atoms in total. The molecule has 1 saturated heterocycles. The number of amides is 2. The number of para-hydroxylation sites is 1. The second kappa shape index (κ2) is 7.52. The fraction of sp³-hybridized carbons (Fsp3) is 0.294. The number of carbonyl (C=O) groups is 2. The van der Waals surface area contributed by atoms with Crippen LogP contribution in [0.1, 0.15) is 9.67 Å². The van der Waals surface area contributed by atoms with Crippen LogP contribution in [0.4, 0.5) is 20.6 Å². The fourth-order valence-electron chi connectivity index (χ4n) is 2.71. The fourth-order valence-corrected chi connectivity index (χ4v) is 3.48. The molecule has 25 heavy (non-hydrogen) atoms. The number of esters is 1. The molecule has 1 aliphatic rings. The summed E-state index contributed by atoms with van der Waals surface area (Å²) in [4.78, 5) is 28.0. The number of rotatable bonds is 3. The number of piperazine rings is 1. The van der Waals surface area contributed by atoms with E-state index in [0.29, 0.717) is 42.4 Å². The number of hydrogen-bond donors (Lipinski definition) is 1. The Morgan fingerprint density at radius 1 is 1.16 bits per heavy atom. The summed E-state index contributed by atoms with van der Waals surface area (Å²) in [6, 6.07) is 8.00. The van der Waals surface area contributed by atoms with Crippen molar-refractivity contribution in [2.24, 2.45) is 0 Å². The zero-order chi connectivity index (χ0) is 17.8. The van der Waals surface area contributed by atoms with Gasteiger partial charge in [-0.1, -0.05) is 12.1 Å². The van der Waals surface area contributed by atoms with Gasteiger partial charge in [-0.2, -0.15) is 0 Å². The van der Waals surface area contributed by atoms with Crippen LogP contribution in [0.25, 0.3) is 0 Å². The summed E-state index contributed by atoms with van der Waals surface area (Å²) in [7, 11) is 1.30. The molecule has 0 radical (unpaired) electrons. The summed E-state index contributed by atoms with van der Waals surface area (Å²) in [5.41, 5.74) is 0.992. The molecular formula is C17H18FN3O3S. The van der Waals surface area contributed by atoms with E-state index < -0.39 is 5.97 Å². The third-order valence-corrected chi connectivity index (χ3v) is 4.93. The molecular weight excluding hydrogens is 345 g/mol. The van der Waals surface area contributed by atoms with Gasteiger partial charge in [-0.15, -0.1) is 11.3 Å². The quantitative estimate of drug-likeness (QED) is 0.852. The van der Waals surface area contributed by atoms with Crippen LogP contribution < -0.4 is 10.2 Å². The van der Waals surface area contributed by atoms with E-state index >= 15 is 0 Å². The van der Waals surface area contributed by atoms with E-state index in [2.05, 4.69) is 5.32 Å². The van der Waals surface area contributed by atoms with E-state index in [9.17, 15) is 14.0 Å². The Kier molecular flexibility index (Phi) is 5.18. The number of urea groups is 1. The Balaban J connectivity index is 1.60. The van der Waals surface area contributed by atoms with Crippen molar-refractivity contribution in [1.29, 1.82) is 0 Å². The van der Waals surface area contributed by atoms with Gasteiger partial charge in [-0.3, -0.25) is 0 Å². The molecule has 0 spiro atoms. The van der Waals surface area contributed by atoms with E-state index in [4.69, 9.17) is 4.74 Å². The van der Waals surface area contributed by atoms with Gasteiger partial charge in [0, 0.05) is 26.2 Å². The number of anilines is 2. The molecule has 0 atom stereocenters. The zero-order valence-electron chi connectivity index (χ0n) is 13.7. The van der Waals surface area contributed by atoms with Crippen LogP contribution in [0.5, 0.6) is 0 Å². The smallest absolute Gasteiger partial charge is 0.350 e. The first-order valence-corrected chi connectivity index (χ1v) is 8.69. The van der Waals surface area contributed by atoms with Crippen molar-refractivity contribution in [3.8, 4) is 0 Å². The maximum Gasteiger partial charge on any atom is 0.350 e. The summed E-state index contributed by atoms with van der Waals surface area (Å²) in [6.45, 7) is 2.03. The number of benzene rings is 1. The Morgan fingerprint density at radius 2 is 1.88 bits per heavy atom. The number of methoxy groups -OCH3 is 1. The molecule has 0 unspecified atom stereocenters. The molecule has 1 aromatic carbocycles. The van der Waals surface area contributed by atoms with E-state index in [0.717, 1.165) is 0 Å². The molecule has 2 heterocycles. The van der Waals surface area contributed by atoms with Crippen molar-refractivity contribution in [2.45, 2.75) is 0 Å². The van der Waals surface area contributed by atoms with Crippen LogP contribution in [0.2, 0.25) is 0 Å². The van der Waals surface area contributed by atoms with Gasteiger partial charge in [-0.05, 0) is 23.6 Å². The second-order valence-corrected chi connectivity index (χ2v) is 6.43. The van der Waals surface area contributed by atoms with Gasteiger partial charge in [0.05, 0.1) is 18.5 Å². The average molecular weight is 363 g/mol. The highest BCUT2D eigenvalue weighted by Gasteiger charge is 2.24. The topological polar surface area (TPSA) is 61.9 Å². The van der Waals surface area contributed by atoms with E-state index in [1.165, 1.54) is 24.5 Å². The number of carbonyl (C=O) groups excluding carboxylic acids is 2. The van der Waals surface area contributed by atoms with Crippen molar-refractivity contribution in [2.75, 3.05) is 43.5 Å². The maximum absolute atomic E-state index is 13.9. The minimum atomic E-state index is -0.477. The third kappa shape index (κ3) is 3.74. The Bertz CT molecular complexity index is 772. The van der Waals surface area contributed by atoms with Gasteiger partial charge in [-0.25, -0.2) is 14.0 Å². The molecule has 0 bridgehead atoms. The first kappa shape index (κ1) is 17.2. The predicted molar refractivity (Wildman–Crippen MR) is 94.9 cm³/mol. The summed E-state index contributed by atoms with van der Waals surface area (Å²) in [6.07, 6.45) is 0. The summed E-state index contributed by atoms with van der Waals surface area (Å²) < 4.78 is 18.6. The summed E-state index contributed by atoms with van der Waals surface area (Å²) in [5, 5.41) is 4.47. The molecule has 3 rings (SSSR count). The van der Waals surface area contributed by atoms with Crippen molar-refractivity contribution < 1.29 is 18.7 Å². The molecule has 2 aromatic rings. The number of nitrogens with zero attached hydrogens (tertiary/aromatic N) is 2. The van der Waals surface area contributed by atoms with Crippen LogP contribution in [0.15, 0.2) is 35.7 Å². The molecule has 132 valence electrons. The minimum Gasteiger partial charge on any atom is -0.465 e. The Morgan fingerprint density at radius 3 is 2.56 bits per heavy atom. The van der Waals surface area contributed by atoms with Crippen LogP contribution in [-0.2, 0) is 4.74 Å². The lowest BCUT2D eigenvalue weighted by Crippen LogP contribution is -2.50. The molecule has 8 heteroatoms. The lowest BCUT2D eigenvalue weighted by molar-refractivity contribution is 0.0607. The number of halogens is 1. The number of nitrogens with one attached hydrogen (secondary N) is 1. The number of ether oxygens (including phenoxy) is 1. The van der Waals surface area contributed by atoms with Gasteiger partial charge < -0.3 is 19.9 Å². The minimum absolute atomic E-state index is 0.263. The van der Waals surface area contributed by atoms with Crippen molar-refractivity contribution in [3.63, 3.8) is 0 Å². The van der Waals surface area contributed by atoms with Crippen LogP contribution in [0, 0.1) is 5.82 Å². The predicted octanol–water partition coefficient (Wildman–Crippen LogP) is 3.03. The Hall–Kier alpha value is -2.61. The van der Waals surface area contributed by atoms with Crippen molar-refractivity contribution in [3.05, 3.63) is 46.4 Å². The third-order valence-electron chi connectivity index (χ3n) is 4.04. The van der Waals surface area contributed by atoms with Gasteiger partial charge in [0.2, 0.25) is 0 Å². The van der Waals surface area contributed by atoms with Crippen molar-refractivity contribution >= 4 is 34.7 Å². The highest BCUT2D eigenvalue weighted by Crippen LogP contribution is 2.24. The number of hydrogen-bond acceptors (Lipinski definition) is 5. The molecule has 0 saturated carbocycles.